The summed E-state index contributed by atoms with van der Waals surface area (Å²) in [5.74, 6) is -2.65. The van der Waals surface area contributed by atoms with E-state index in [0.717, 1.165) is 0 Å². The van der Waals surface area contributed by atoms with Crippen LogP contribution in [-0.4, -0.2) is 28.2 Å². The van der Waals surface area contributed by atoms with E-state index in [0.29, 0.717) is 0 Å². The van der Waals surface area contributed by atoms with E-state index in [2.05, 4.69) is 0 Å². The summed E-state index contributed by atoms with van der Waals surface area (Å²) in [4.78, 5) is 20.4. The Morgan fingerprint density at radius 1 is 1.45 bits per heavy atom. The highest BCUT2D eigenvalue weighted by atomic mass is 16.4. The quantitative estimate of drug-likeness (QED) is 0.479. The molecule has 0 spiro atoms. The molecule has 62 valence electrons. The van der Waals surface area contributed by atoms with E-state index in [1.54, 1.807) is 0 Å². The highest BCUT2D eigenvalue weighted by Crippen LogP contribution is 1.99. The van der Waals surface area contributed by atoms with Gasteiger partial charge in [0.1, 0.15) is 6.04 Å². The molecule has 0 radical (unpaired) electrons. The zero-order valence-electron chi connectivity index (χ0n) is 5.94. The maximum absolute atomic E-state index is 10.3. The minimum absolute atomic E-state index is 0.308. The average Bonchev–Trinajstić information content (AvgIpc) is 1.88. The van der Waals surface area contributed by atoms with Crippen molar-refractivity contribution in [2.75, 3.05) is 0 Å². The third kappa shape index (κ3) is 2.38. The van der Waals surface area contributed by atoms with Crippen LogP contribution in [0.25, 0.3) is 0 Å². The van der Waals surface area contributed by atoms with E-state index >= 15 is 0 Å². The molecular formula is C6H9NO4. The standard InChI is InChI=1S/C6H9NO4/c1-2-3(5(8)9)4(7)6(10)11/h2,4H,7H2,1H3,(H,8,9)(H,10,11)/t4-/m0/s1. The summed E-state index contributed by atoms with van der Waals surface area (Å²) in [5, 5.41) is 16.7. The van der Waals surface area contributed by atoms with E-state index in [1.165, 1.54) is 13.0 Å². The lowest BCUT2D eigenvalue weighted by atomic mass is 10.1. The third-order valence-electron chi connectivity index (χ3n) is 1.16. The second kappa shape index (κ2) is 3.72. The molecule has 0 aliphatic rings. The number of hydrogen-bond donors (Lipinski definition) is 3. The van der Waals surface area contributed by atoms with Crippen LogP contribution in [0.1, 0.15) is 6.92 Å². The predicted molar refractivity (Wildman–Crippen MR) is 37.0 cm³/mol. The van der Waals surface area contributed by atoms with Gasteiger partial charge < -0.3 is 15.9 Å². The fourth-order valence-electron chi connectivity index (χ4n) is 0.569. The molecule has 4 N–H and O–H groups in total. The van der Waals surface area contributed by atoms with Gasteiger partial charge in [0.2, 0.25) is 0 Å². The lowest BCUT2D eigenvalue weighted by Crippen LogP contribution is -2.35. The Kier molecular flexibility index (Phi) is 3.26. The molecule has 0 amide bonds. The fourth-order valence-corrected chi connectivity index (χ4v) is 0.569. The minimum atomic E-state index is -1.45. The van der Waals surface area contributed by atoms with E-state index in [4.69, 9.17) is 15.9 Å². The van der Waals surface area contributed by atoms with Crippen LogP contribution in [0.4, 0.5) is 0 Å². The van der Waals surface area contributed by atoms with E-state index in [9.17, 15) is 9.59 Å². The van der Waals surface area contributed by atoms with Crippen LogP contribution in [0.3, 0.4) is 0 Å². The van der Waals surface area contributed by atoms with Crippen molar-refractivity contribution in [1.29, 1.82) is 0 Å². The molecule has 0 aromatic heterocycles. The van der Waals surface area contributed by atoms with Gasteiger partial charge in [0.05, 0.1) is 5.57 Å². The van der Waals surface area contributed by atoms with Gasteiger partial charge in [0.15, 0.2) is 0 Å². The van der Waals surface area contributed by atoms with Gasteiger partial charge in [0.25, 0.3) is 0 Å². The molecule has 0 rings (SSSR count). The van der Waals surface area contributed by atoms with E-state index in [1.807, 2.05) is 0 Å². The van der Waals surface area contributed by atoms with Crippen molar-refractivity contribution in [3.05, 3.63) is 11.6 Å². The van der Waals surface area contributed by atoms with Crippen LogP contribution in [-0.2, 0) is 9.59 Å². The largest absolute Gasteiger partial charge is 0.480 e. The highest BCUT2D eigenvalue weighted by molar-refractivity contribution is 5.95. The van der Waals surface area contributed by atoms with Crippen LogP contribution in [0.15, 0.2) is 11.6 Å². The van der Waals surface area contributed by atoms with Crippen LogP contribution in [0.5, 0.6) is 0 Å². The Morgan fingerprint density at radius 3 is 2.00 bits per heavy atom. The second-order valence-corrected chi connectivity index (χ2v) is 1.87. The molecule has 0 aliphatic heterocycles. The summed E-state index contributed by atoms with van der Waals surface area (Å²) in [5.41, 5.74) is 4.72. The summed E-state index contributed by atoms with van der Waals surface area (Å²) in [6, 6.07) is -1.45. The Hall–Kier alpha value is -1.36. The molecule has 0 heterocycles. The zero-order chi connectivity index (χ0) is 9.02. The Balaban J connectivity index is 4.54. The molecule has 5 nitrogen and oxygen atoms in total. The van der Waals surface area contributed by atoms with Gasteiger partial charge in [0, 0.05) is 0 Å². The maximum atomic E-state index is 10.3. The van der Waals surface area contributed by atoms with Gasteiger partial charge in [-0.15, -0.1) is 0 Å². The number of rotatable bonds is 3. The molecule has 0 saturated carbocycles. The van der Waals surface area contributed by atoms with Crippen molar-refractivity contribution in [3.63, 3.8) is 0 Å². The normalized spacial score (nSPS) is 14.2. The van der Waals surface area contributed by atoms with Crippen molar-refractivity contribution in [2.24, 2.45) is 5.73 Å². The van der Waals surface area contributed by atoms with Crippen molar-refractivity contribution >= 4 is 11.9 Å². The number of carboxylic acids is 2. The predicted octanol–water partition coefficient (Wildman–Crippen LogP) is -0.571. The zero-order valence-corrected chi connectivity index (χ0v) is 5.94. The Labute approximate surface area is 63.1 Å². The van der Waals surface area contributed by atoms with Gasteiger partial charge in [-0.05, 0) is 6.92 Å². The topological polar surface area (TPSA) is 101 Å². The Morgan fingerprint density at radius 2 is 1.91 bits per heavy atom. The Bertz CT molecular complexity index is 209. The average molecular weight is 159 g/mol. The summed E-state index contributed by atoms with van der Waals surface area (Å²) in [7, 11) is 0. The van der Waals surface area contributed by atoms with Crippen molar-refractivity contribution in [2.45, 2.75) is 13.0 Å². The highest BCUT2D eigenvalue weighted by Gasteiger charge is 2.21. The van der Waals surface area contributed by atoms with E-state index < -0.39 is 18.0 Å². The van der Waals surface area contributed by atoms with E-state index in [-0.39, 0.29) is 5.57 Å². The monoisotopic (exact) mass is 159 g/mol. The lowest BCUT2D eigenvalue weighted by molar-refractivity contribution is -0.141. The summed E-state index contributed by atoms with van der Waals surface area (Å²) >= 11 is 0. The molecule has 0 aliphatic carbocycles. The van der Waals surface area contributed by atoms with Crippen LogP contribution in [0.2, 0.25) is 0 Å². The van der Waals surface area contributed by atoms with Gasteiger partial charge >= 0.3 is 11.9 Å². The first-order valence-corrected chi connectivity index (χ1v) is 2.88. The fraction of sp³-hybridized carbons (Fsp3) is 0.333. The van der Waals surface area contributed by atoms with Gasteiger partial charge in [-0.2, -0.15) is 0 Å². The van der Waals surface area contributed by atoms with Crippen LogP contribution < -0.4 is 5.73 Å². The first-order valence-electron chi connectivity index (χ1n) is 2.88. The maximum Gasteiger partial charge on any atom is 0.333 e. The first kappa shape index (κ1) is 9.64. The van der Waals surface area contributed by atoms with Crippen molar-refractivity contribution in [3.8, 4) is 0 Å². The van der Waals surface area contributed by atoms with Gasteiger partial charge in [-0.1, -0.05) is 6.08 Å². The SMILES string of the molecule is CC=C(C(=O)O)[C@H](N)C(=O)O. The van der Waals surface area contributed by atoms with Crippen LogP contribution in [0, 0.1) is 0 Å². The van der Waals surface area contributed by atoms with Crippen molar-refractivity contribution in [1.82, 2.24) is 0 Å². The molecule has 1 atom stereocenters. The summed E-state index contributed by atoms with van der Waals surface area (Å²) < 4.78 is 0. The number of carbonyl (C=O) groups is 2. The van der Waals surface area contributed by atoms with Gasteiger partial charge in [-0.3, -0.25) is 4.79 Å². The smallest absolute Gasteiger partial charge is 0.333 e. The molecular weight excluding hydrogens is 150 g/mol. The van der Waals surface area contributed by atoms with Crippen LogP contribution >= 0.6 is 0 Å². The number of hydrogen-bond acceptors (Lipinski definition) is 3. The number of nitrogens with two attached hydrogens (primary N) is 1. The molecule has 11 heavy (non-hydrogen) atoms. The minimum Gasteiger partial charge on any atom is -0.480 e. The lowest BCUT2D eigenvalue weighted by Gasteiger charge is -2.05. The molecule has 0 unspecified atom stereocenters. The number of carboxylic acid groups (broad SMARTS) is 2. The number of aliphatic carboxylic acids is 2. The summed E-state index contributed by atoms with van der Waals surface area (Å²) in [6.07, 6.45) is 1.17. The molecule has 0 aromatic rings. The molecule has 0 bridgehead atoms. The molecule has 0 saturated heterocycles. The molecule has 0 aromatic carbocycles. The third-order valence-corrected chi connectivity index (χ3v) is 1.16. The van der Waals surface area contributed by atoms with Gasteiger partial charge in [-0.25, -0.2) is 4.79 Å². The second-order valence-electron chi connectivity index (χ2n) is 1.87. The summed E-state index contributed by atoms with van der Waals surface area (Å²) in [6.45, 7) is 1.42. The molecule has 5 heteroatoms. The first-order chi connectivity index (χ1) is 5.00. The van der Waals surface area contributed by atoms with Crippen molar-refractivity contribution < 1.29 is 19.8 Å². The molecule has 0 fully saturated rings. The number of allylic oxidation sites excluding steroid dienone is 1.